The van der Waals surface area contributed by atoms with Gasteiger partial charge in [0.15, 0.2) is 5.65 Å². The van der Waals surface area contributed by atoms with E-state index in [1.54, 1.807) is 19.3 Å². The molecular formula is C23H17F2N7O2. The van der Waals surface area contributed by atoms with Gasteiger partial charge >= 0.3 is 5.69 Å². The number of halogens is 2. The topological polar surface area (TPSA) is 113 Å². The Morgan fingerprint density at radius 2 is 1.74 bits per heavy atom. The molecule has 0 unspecified atom stereocenters. The van der Waals surface area contributed by atoms with Gasteiger partial charge in [0, 0.05) is 36.6 Å². The number of benzene rings is 1. The van der Waals surface area contributed by atoms with Crippen LogP contribution in [0.3, 0.4) is 0 Å². The summed E-state index contributed by atoms with van der Waals surface area (Å²) in [5, 5.41) is 4.42. The molecular weight excluding hydrogens is 444 g/mol. The summed E-state index contributed by atoms with van der Waals surface area (Å²) in [5.74, 6) is -1.16. The molecule has 34 heavy (non-hydrogen) atoms. The summed E-state index contributed by atoms with van der Waals surface area (Å²) in [6.45, 7) is -0.231. The van der Waals surface area contributed by atoms with Crippen molar-refractivity contribution in [1.82, 2.24) is 28.7 Å². The van der Waals surface area contributed by atoms with Crippen LogP contribution in [0.15, 0.2) is 70.5 Å². The highest BCUT2D eigenvalue weighted by Gasteiger charge is 2.22. The van der Waals surface area contributed by atoms with Gasteiger partial charge in [0.2, 0.25) is 11.5 Å². The van der Waals surface area contributed by atoms with Gasteiger partial charge in [-0.15, -0.1) is 5.10 Å². The zero-order chi connectivity index (χ0) is 24.0. The number of hydrogen-bond donors (Lipinski definition) is 1. The zero-order valence-electron chi connectivity index (χ0n) is 17.8. The van der Waals surface area contributed by atoms with Gasteiger partial charge in [-0.2, -0.15) is 0 Å². The molecule has 0 aliphatic heterocycles. The van der Waals surface area contributed by atoms with E-state index in [9.17, 15) is 18.4 Å². The molecule has 2 N–H and O–H groups in total. The van der Waals surface area contributed by atoms with Crippen molar-refractivity contribution in [2.45, 2.75) is 6.54 Å². The molecule has 0 atom stereocenters. The molecule has 0 radical (unpaired) electrons. The molecule has 11 heteroatoms. The van der Waals surface area contributed by atoms with Crippen LogP contribution >= 0.6 is 0 Å². The summed E-state index contributed by atoms with van der Waals surface area (Å²) in [6, 6.07) is 11.2. The maximum absolute atomic E-state index is 14.2. The Morgan fingerprint density at radius 3 is 2.44 bits per heavy atom. The monoisotopic (exact) mass is 461 g/mol. The Labute approximate surface area is 190 Å². The zero-order valence-corrected chi connectivity index (χ0v) is 17.8. The summed E-state index contributed by atoms with van der Waals surface area (Å²) in [7, 11) is 1.58. The molecule has 4 heterocycles. The van der Waals surface area contributed by atoms with Crippen LogP contribution in [0, 0.1) is 11.6 Å². The summed E-state index contributed by atoms with van der Waals surface area (Å²) < 4.78 is 31.3. The van der Waals surface area contributed by atoms with E-state index in [1.807, 2.05) is 0 Å². The average Bonchev–Trinajstić information content (AvgIpc) is 3.14. The first-order valence-electron chi connectivity index (χ1n) is 10.1. The second kappa shape index (κ2) is 8.03. The Hall–Kier alpha value is -4.67. The van der Waals surface area contributed by atoms with E-state index in [4.69, 9.17) is 5.73 Å². The summed E-state index contributed by atoms with van der Waals surface area (Å²) >= 11 is 0. The van der Waals surface area contributed by atoms with E-state index >= 15 is 0 Å². The van der Waals surface area contributed by atoms with Gasteiger partial charge in [-0.25, -0.2) is 27.6 Å². The number of aromatic nitrogens is 6. The molecule has 9 nitrogen and oxygen atoms in total. The molecule has 0 saturated heterocycles. The number of hydrogen-bond acceptors (Lipinski definition) is 6. The lowest BCUT2D eigenvalue weighted by atomic mass is 10.0. The lowest BCUT2D eigenvalue weighted by molar-refractivity contribution is 0.564. The van der Waals surface area contributed by atoms with Crippen molar-refractivity contribution in [2.75, 3.05) is 5.73 Å². The molecule has 0 amide bonds. The van der Waals surface area contributed by atoms with Crippen LogP contribution in [-0.2, 0) is 13.6 Å². The van der Waals surface area contributed by atoms with E-state index in [0.29, 0.717) is 22.4 Å². The fraction of sp³-hybridized carbons (Fsp3) is 0.0870. The number of rotatable bonds is 4. The van der Waals surface area contributed by atoms with Gasteiger partial charge < -0.3 is 10.3 Å². The molecule has 1 aromatic carbocycles. The second-order valence-corrected chi connectivity index (χ2v) is 7.60. The van der Waals surface area contributed by atoms with Gasteiger partial charge in [0.05, 0.1) is 23.5 Å². The van der Waals surface area contributed by atoms with E-state index in [1.165, 1.54) is 53.2 Å². The van der Waals surface area contributed by atoms with E-state index < -0.39 is 17.3 Å². The summed E-state index contributed by atoms with van der Waals surface area (Å²) in [6.07, 6.45) is 2.99. The number of nitrogens with zero attached hydrogens (tertiary/aromatic N) is 6. The highest BCUT2D eigenvalue weighted by molar-refractivity contribution is 5.90. The van der Waals surface area contributed by atoms with Gasteiger partial charge in [-0.3, -0.25) is 9.78 Å². The van der Waals surface area contributed by atoms with Crippen LogP contribution in [-0.4, -0.2) is 28.7 Å². The predicted molar refractivity (Wildman–Crippen MR) is 121 cm³/mol. The Morgan fingerprint density at radius 1 is 1.00 bits per heavy atom. The predicted octanol–water partition coefficient (Wildman–Crippen LogP) is 2.23. The van der Waals surface area contributed by atoms with E-state index in [2.05, 4.69) is 15.1 Å². The van der Waals surface area contributed by atoms with Gasteiger partial charge in [-0.1, -0.05) is 0 Å². The lowest BCUT2D eigenvalue weighted by Gasteiger charge is -2.12. The van der Waals surface area contributed by atoms with Crippen molar-refractivity contribution in [2.24, 2.45) is 7.05 Å². The Balaban J connectivity index is 1.83. The minimum atomic E-state index is -0.637. The molecule has 5 rings (SSSR count). The highest BCUT2D eigenvalue weighted by Crippen LogP contribution is 2.34. The van der Waals surface area contributed by atoms with Crippen molar-refractivity contribution < 1.29 is 8.78 Å². The standard InChI is InChI=1S/C23H17F2N7O2/c1-30-11-14(6-9-18(30)33)19-20(13-4-7-15(24)8-5-13)28-22(26)32-21(19)29-31(23(32)34)12-17-16(25)3-2-10-27-17/h2-11H,12H2,1H3,(H2,26,28). The molecule has 0 fully saturated rings. The van der Waals surface area contributed by atoms with Crippen molar-refractivity contribution in [3.8, 4) is 22.4 Å². The van der Waals surface area contributed by atoms with Gasteiger partial charge in [0.1, 0.15) is 11.6 Å². The SMILES string of the molecule is Cn1cc(-c2c(-c3ccc(F)cc3)nc(N)n3c(=O)n(Cc4ncccc4F)nc23)ccc1=O. The largest absolute Gasteiger partial charge is 0.369 e. The average molecular weight is 461 g/mol. The summed E-state index contributed by atoms with van der Waals surface area (Å²) in [5.41, 5.74) is 7.23. The van der Waals surface area contributed by atoms with Crippen molar-refractivity contribution >= 4 is 11.6 Å². The lowest BCUT2D eigenvalue weighted by Crippen LogP contribution is -2.24. The normalized spacial score (nSPS) is 11.3. The van der Waals surface area contributed by atoms with Crippen LogP contribution in [0.4, 0.5) is 14.7 Å². The molecule has 5 aromatic rings. The van der Waals surface area contributed by atoms with Crippen molar-refractivity contribution in [3.63, 3.8) is 0 Å². The third-order valence-corrected chi connectivity index (χ3v) is 5.38. The fourth-order valence-electron chi connectivity index (χ4n) is 3.71. The maximum atomic E-state index is 14.2. The van der Waals surface area contributed by atoms with Gasteiger partial charge in [-0.05, 0) is 42.5 Å². The van der Waals surface area contributed by atoms with Gasteiger partial charge in [0.25, 0.3) is 0 Å². The number of nitrogen functional groups attached to an aromatic ring is 1. The maximum Gasteiger partial charge on any atom is 0.353 e. The van der Waals surface area contributed by atoms with Crippen molar-refractivity contribution in [3.05, 3.63) is 99.1 Å². The first-order valence-corrected chi connectivity index (χ1v) is 10.1. The van der Waals surface area contributed by atoms with Crippen LogP contribution in [0.2, 0.25) is 0 Å². The molecule has 0 bridgehead atoms. The number of fused-ring (bicyclic) bond motifs is 1. The number of nitrogens with two attached hydrogens (primary N) is 1. The third-order valence-electron chi connectivity index (χ3n) is 5.38. The Kier molecular flexibility index (Phi) is 5.01. The minimum absolute atomic E-state index is 0.0296. The van der Waals surface area contributed by atoms with Crippen LogP contribution in [0.5, 0.6) is 0 Å². The van der Waals surface area contributed by atoms with Crippen LogP contribution < -0.4 is 17.0 Å². The molecule has 0 saturated carbocycles. The van der Waals surface area contributed by atoms with Crippen LogP contribution in [0.25, 0.3) is 28.0 Å². The number of aryl methyl sites for hydroxylation is 1. The fourth-order valence-corrected chi connectivity index (χ4v) is 3.71. The number of pyridine rings is 2. The Bertz CT molecular complexity index is 1670. The van der Waals surface area contributed by atoms with E-state index in [0.717, 1.165) is 9.08 Å². The smallest absolute Gasteiger partial charge is 0.353 e. The molecule has 170 valence electrons. The van der Waals surface area contributed by atoms with Crippen molar-refractivity contribution in [1.29, 1.82) is 0 Å². The summed E-state index contributed by atoms with van der Waals surface area (Å²) in [4.78, 5) is 33.5. The molecule has 0 spiro atoms. The molecule has 0 aliphatic rings. The first-order chi connectivity index (χ1) is 16.3. The quantitative estimate of drug-likeness (QED) is 0.439. The number of anilines is 1. The first kappa shape index (κ1) is 21.2. The minimum Gasteiger partial charge on any atom is -0.369 e. The highest BCUT2D eigenvalue weighted by atomic mass is 19.1. The molecule has 4 aromatic heterocycles. The molecule has 0 aliphatic carbocycles. The second-order valence-electron chi connectivity index (χ2n) is 7.60. The van der Waals surface area contributed by atoms with Crippen LogP contribution in [0.1, 0.15) is 5.69 Å². The third kappa shape index (κ3) is 3.52. The van der Waals surface area contributed by atoms with E-state index in [-0.39, 0.29) is 29.4 Å².